The third kappa shape index (κ3) is 6.94. The van der Waals surface area contributed by atoms with E-state index in [1.54, 1.807) is 36.4 Å². The fraction of sp³-hybridized carbons (Fsp3) is 0.276. The summed E-state index contributed by atoms with van der Waals surface area (Å²) in [6.07, 6.45) is 0.721. The molecule has 1 aliphatic rings. The summed E-state index contributed by atoms with van der Waals surface area (Å²) < 4.78 is 26.9. The average molecular weight is 598 g/mol. The van der Waals surface area contributed by atoms with Crippen molar-refractivity contribution < 1.29 is 28.2 Å². The number of carbonyl (C=O) groups excluding carboxylic acids is 3. The Kier molecular flexibility index (Phi) is 8.86. The van der Waals surface area contributed by atoms with Crippen LogP contribution in [0.4, 0.5) is 20.6 Å². The summed E-state index contributed by atoms with van der Waals surface area (Å²) in [6, 6.07) is 18.4. The Hall–Kier alpha value is -3.92. The van der Waals surface area contributed by atoms with Gasteiger partial charge in [0.2, 0.25) is 11.7 Å². The molecule has 10 heteroatoms. The molecule has 3 amide bonds. The number of halogens is 2. The van der Waals surface area contributed by atoms with Gasteiger partial charge in [0, 0.05) is 23.1 Å². The third-order valence-electron chi connectivity index (χ3n) is 6.48. The lowest BCUT2D eigenvalue weighted by atomic mass is 10.1. The number of hydrogen-bond acceptors (Lipinski definition) is 5. The van der Waals surface area contributed by atoms with E-state index in [-0.39, 0.29) is 25.4 Å². The Morgan fingerprint density at radius 3 is 2.44 bits per heavy atom. The zero-order valence-corrected chi connectivity index (χ0v) is 23.2. The number of likely N-dealkylation sites (tertiary alicyclic amines) is 1. The Morgan fingerprint density at radius 1 is 1.03 bits per heavy atom. The molecular weight excluding hydrogens is 569 g/mol. The van der Waals surface area contributed by atoms with Crippen LogP contribution in [0.15, 0.2) is 71.2 Å². The molecule has 0 aliphatic carbocycles. The van der Waals surface area contributed by atoms with Gasteiger partial charge in [-0.1, -0.05) is 24.3 Å². The summed E-state index contributed by atoms with van der Waals surface area (Å²) >= 11 is 3.40. The van der Waals surface area contributed by atoms with E-state index in [0.29, 0.717) is 41.2 Å². The molecule has 3 aromatic carbocycles. The van der Waals surface area contributed by atoms with Crippen molar-refractivity contribution in [2.75, 3.05) is 30.9 Å². The fourth-order valence-corrected chi connectivity index (χ4v) is 4.81. The highest BCUT2D eigenvalue weighted by atomic mass is 79.9. The van der Waals surface area contributed by atoms with E-state index in [2.05, 4.69) is 31.3 Å². The number of urea groups is 1. The fourth-order valence-electron chi connectivity index (χ4n) is 4.43. The standard InChI is InChI=1S/C29H29BrFN3O5/c1-19-16-20(8-13-24(19)32-28(37)33-25-7-4-3-6-23(25)30)17-26(35)34-15-5-14-29(34,31)18-39-22-11-9-21(10-12-22)27(36)38-2/h3-4,6-13,16H,5,14-15,17-18H2,1-2H3,(H2,32,33,37)/t29-/m1/s1. The molecule has 0 unspecified atom stereocenters. The molecule has 2 N–H and O–H groups in total. The smallest absolute Gasteiger partial charge is 0.337 e. The molecular formula is C29H29BrFN3O5. The number of ether oxygens (including phenoxy) is 2. The van der Waals surface area contributed by atoms with Gasteiger partial charge in [-0.3, -0.25) is 4.79 Å². The van der Waals surface area contributed by atoms with Crippen molar-refractivity contribution in [1.29, 1.82) is 0 Å². The first kappa shape index (κ1) is 28.1. The normalized spacial score (nSPS) is 16.5. The second-order valence-electron chi connectivity index (χ2n) is 9.26. The number of rotatable bonds is 8. The predicted molar refractivity (Wildman–Crippen MR) is 150 cm³/mol. The van der Waals surface area contributed by atoms with Gasteiger partial charge in [0.15, 0.2) is 0 Å². The van der Waals surface area contributed by atoms with E-state index < -0.39 is 17.8 Å². The van der Waals surface area contributed by atoms with Crippen molar-refractivity contribution in [3.63, 3.8) is 0 Å². The van der Waals surface area contributed by atoms with Crippen LogP contribution in [0.25, 0.3) is 0 Å². The van der Waals surface area contributed by atoms with Crippen molar-refractivity contribution >= 4 is 45.2 Å². The molecule has 0 aromatic heterocycles. The maximum absolute atomic E-state index is 15.8. The number of aryl methyl sites for hydroxylation is 1. The molecule has 0 bridgehead atoms. The van der Waals surface area contributed by atoms with Crippen molar-refractivity contribution in [2.45, 2.75) is 32.0 Å². The number of amides is 3. The lowest BCUT2D eigenvalue weighted by molar-refractivity contribution is -0.144. The average Bonchev–Trinajstić information content (AvgIpc) is 3.32. The minimum atomic E-state index is -1.93. The molecule has 204 valence electrons. The number of carbonyl (C=O) groups is 3. The van der Waals surface area contributed by atoms with Crippen LogP contribution in [0.1, 0.15) is 34.3 Å². The molecule has 1 fully saturated rings. The van der Waals surface area contributed by atoms with Crippen LogP contribution in [0.5, 0.6) is 5.75 Å². The van der Waals surface area contributed by atoms with Crippen LogP contribution in [0, 0.1) is 6.92 Å². The number of esters is 1. The van der Waals surface area contributed by atoms with Crippen LogP contribution < -0.4 is 15.4 Å². The zero-order valence-electron chi connectivity index (χ0n) is 21.6. The lowest BCUT2D eigenvalue weighted by Crippen LogP contribution is -2.48. The Bertz CT molecular complexity index is 1370. The number of para-hydroxylation sites is 1. The molecule has 1 aliphatic heterocycles. The largest absolute Gasteiger partial charge is 0.488 e. The van der Waals surface area contributed by atoms with Crippen molar-refractivity contribution in [1.82, 2.24) is 4.90 Å². The van der Waals surface area contributed by atoms with Crippen molar-refractivity contribution in [3.8, 4) is 5.75 Å². The first-order chi connectivity index (χ1) is 18.7. The second-order valence-corrected chi connectivity index (χ2v) is 10.1. The van der Waals surface area contributed by atoms with Gasteiger partial charge in [-0.05, 0) is 82.9 Å². The molecule has 1 heterocycles. The third-order valence-corrected chi connectivity index (χ3v) is 7.17. The van der Waals surface area contributed by atoms with Gasteiger partial charge in [0.25, 0.3) is 0 Å². The Morgan fingerprint density at radius 2 is 1.74 bits per heavy atom. The highest BCUT2D eigenvalue weighted by Gasteiger charge is 2.44. The lowest BCUT2D eigenvalue weighted by Gasteiger charge is -2.31. The molecule has 0 saturated carbocycles. The maximum atomic E-state index is 15.8. The molecule has 3 aromatic rings. The molecule has 8 nitrogen and oxygen atoms in total. The first-order valence-corrected chi connectivity index (χ1v) is 13.2. The predicted octanol–water partition coefficient (Wildman–Crippen LogP) is 6.10. The summed E-state index contributed by atoms with van der Waals surface area (Å²) in [5.74, 6) is -2.36. The highest BCUT2D eigenvalue weighted by molar-refractivity contribution is 9.10. The van der Waals surface area contributed by atoms with E-state index in [1.165, 1.54) is 24.1 Å². The molecule has 1 atom stereocenters. The number of hydrogen-bond donors (Lipinski definition) is 2. The summed E-state index contributed by atoms with van der Waals surface area (Å²) in [5, 5.41) is 5.59. The van der Waals surface area contributed by atoms with Gasteiger partial charge >= 0.3 is 12.0 Å². The quantitative estimate of drug-likeness (QED) is 0.242. The second kappa shape index (κ2) is 12.3. The van der Waals surface area contributed by atoms with Crippen LogP contribution in [-0.4, -0.2) is 48.9 Å². The van der Waals surface area contributed by atoms with E-state index >= 15 is 4.39 Å². The van der Waals surface area contributed by atoms with Gasteiger partial charge < -0.3 is 25.0 Å². The van der Waals surface area contributed by atoms with Crippen LogP contribution >= 0.6 is 15.9 Å². The molecule has 0 spiro atoms. The first-order valence-electron chi connectivity index (χ1n) is 12.4. The summed E-state index contributed by atoms with van der Waals surface area (Å²) in [5.41, 5.74) is 3.08. The number of alkyl halides is 1. The van der Waals surface area contributed by atoms with Crippen molar-refractivity contribution in [3.05, 3.63) is 87.9 Å². The number of anilines is 2. The van der Waals surface area contributed by atoms with Crippen LogP contribution in [0.2, 0.25) is 0 Å². The number of nitrogens with zero attached hydrogens (tertiary/aromatic N) is 1. The number of nitrogens with one attached hydrogen (secondary N) is 2. The van der Waals surface area contributed by atoms with Gasteiger partial charge in [0.05, 0.1) is 24.8 Å². The van der Waals surface area contributed by atoms with Crippen molar-refractivity contribution in [2.24, 2.45) is 0 Å². The Balaban J connectivity index is 1.34. The van der Waals surface area contributed by atoms with Gasteiger partial charge in [-0.25, -0.2) is 14.0 Å². The molecule has 0 radical (unpaired) electrons. The van der Waals surface area contributed by atoms with Crippen LogP contribution in [-0.2, 0) is 16.0 Å². The minimum absolute atomic E-state index is 0.0176. The number of benzene rings is 3. The maximum Gasteiger partial charge on any atom is 0.337 e. The summed E-state index contributed by atoms with van der Waals surface area (Å²) in [7, 11) is 1.29. The molecule has 4 rings (SSSR count). The summed E-state index contributed by atoms with van der Waals surface area (Å²) in [4.78, 5) is 38.4. The Labute approximate surface area is 234 Å². The molecule has 1 saturated heterocycles. The van der Waals surface area contributed by atoms with E-state index in [1.807, 2.05) is 25.1 Å². The number of methoxy groups -OCH3 is 1. The van der Waals surface area contributed by atoms with Gasteiger partial charge in [-0.2, -0.15) is 0 Å². The van der Waals surface area contributed by atoms with Gasteiger partial charge in [0.1, 0.15) is 12.4 Å². The van der Waals surface area contributed by atoms with E-state index in [0.717, 1.165) is 10.0 Å². The van der Waals surface area contributed by atoms with Gasteiger partial charge in [-0.15, -0.1) is 0 Å². The van der Waals surface area contributed by atoms with Crippen LogP contribution in [0.3, 0.4) is 0 Å². The topological polar surface area (TPSA) is 97.0 Å². The highest BCUT2D eigenvalue weighted by Crippen LogP contribution is 2.33. The van der Waals surface area contributed by atoms with E-state index in [4.69, 9.17) is 4.74 Å². The SMILES string of the molecule is COC(=O)c1ccc(OC[C@@]2(F)CCCN2C(=O)Cc2ccc(NC(=O)Nc3ccccc3Br)c(C)c2)cc1. The minimum Gasteiger partial charge on any atom is -0.488 e. The van der Waals surface area contributed by atoms with E-state index in [9.17, 15) is 14.4 Å². The summed E-state index contributed by atoms with van der Waals surface area (Å²) in [6.45, 7) is 1.81. The monoisotopic (exact) mass is 597 g/mol. The molecule has 39 heavy (non-hydrogen) atoms. The zero-order chi connectivity index (χ0) is 28.0.